The van der Waals surface area contributed by atoms with Gasteiger partial charge in [-0.05, 0) is 29.8 Å². The van der Waals surface area contributed by atoms with Crippen LogP contribution < -0.4 is 0 Å². The SMILES string of the molecule is Cc1nn(C)cc1CN1CCN(C(=O)Cn2nc(C(F)F)c(Br)c2C)CC1. The van der Waals surface area contributed by atoms with Gasteiger partial charge in [-0.25, -0.2) is 8.78 Å². The van der Waals surface area contributed by atoms with Crippen LogP contribution in [0.25, 0.3) is 0 Å². The summed E-state index contributed by atoms with van der Waals surface area (Å²) in [6.45, 7) is 7.21. The molecule has 0 radical (unpaired) electrons. The van der Waals surface area contributed by atoms with Crippen LogP contribution in [0.15, 0.2) is 10.7 Å². The second-order valence-electron chi connectivity index (χ2n) is 6.81. The van der Waals surface area contributed by atoms with E-state index in [0.29, 0.717) is 18.8 Å². The standard InChI is InChI=1S/C17H23BrF2N6O/c1-11-13(8-23(3)21-11)9-24-4-6-25(7-5-24)14(27)10-26-12(2)15(18)16(22-26)17(19)20/h8,17H,4-7,9-10H2,1-3H3. The van der Waals surface area contributed by atoms with Crippen molar-refractivity contribution >= 4 is 21.8 Å². The molecular weight excluding hydrogens is 422 g/mol. The molecule has 0 N–H and O–H groups in total. The van der Waals surface area contributed by atoms with Crippen LogP contribution in [-0.2, 0) is 24.9 Å². The van der Waals surface area contributed by atoms with Gasteiger partial charge in [-0.15, -0.1) is 0 Å². The minimum Gasteiger partial charge on any atom is -0.339 e. The average molecular weight is 445 g/mol. The van der Waals surface area contributed by atoms with Crippen molar-refractivity contribution in [3.63, 3.8) is 0 Å². The maximum Gasteiger partial charge on any atom is 0.283 e. The zero-order valence-electron chi connectivity index (χ0n) is 15.6. The number of hydrogen-bond acceptors (Lipinski definition) is 4. The lowest BCUT2D eigenvalue weighted by atomic mass is 10.2. The smallest absolute Gasteiger partial charge is 0.283 e. The van der Waals surface area contributed by atoms with Gasteiger partial charge in [-0.2, -0.15) is 10.2 Å². The molecule has 0 saturated carbocycles. The maximum atomic E-state index is 13.0. The van der Waals surface area contributed by atoms with Gasteiger partial charge in [0, 0.05) is 51.5 Å². The number of carbonyl (C=O) groups is 1. The number of piperazine rings is 1. The Morgan fingerprint density at radius 3 is 2.41 bits per heavy atom. The van der Waals surface area contributed by atoms with Crippen molar-refractivity contribution in [3.05, 3.63) is 33.3 Å². The summed E-state index contributed by atoms with van der Waals surface area (Å²) in [4.78, 5) is 16.6. The average Bonchev–Trinajstić information content (AvgIpc) is 3.08. The maximum absolute atomic E-state index is 13.0. The second kappa shape index (κ2) is 8.05. The first-order valence-corrected chi connectivity index (χ1v) is 9.55. The van der Waals surface area contributed by atoms with Crippen molar-refractivity contribution in [2.75, 3.05) is 26.2 Å². The van der Waals surface area contributed by atoms with Gasteiger partial charge in [0.25, 0.3) is 6.43 Å². The highest BCUT2D eigenvalue weighted by Gasteiger charge is 2.25. The van der Waals surface area contributed by atoms with E-state index < -0.39 is 6.43 Å². The van der Waals surface area contributed by atoms with E-state index in [4.69, 9.17) is 0 Å². The molecule has 1 aliphatic rings. The first-order chi connectivity index (χ1) is 12.8. The molecular formula is C17H23BrF2N6O. The Balaban J connectivity index is 1.56. The number of amides is 1. The third kappa shape index (κ3) is 4.37. The molecule has 3 heterocycles. The van der Waals surface area contributed by atoms with Crippen molar-refractivity contribution in [1.82, 2.24) is 29.4 Å². The van der Waals surface area contributed by atoms with E-state index in [-0.39, 0.29) is 22.6 Å². The zero-order valence-corrected chi connectivity index (χ0v) is 17.2. The molecule has 10 heteroatoms. The lowest BCUT2D eigenvalue weighted by Crippen LogP contribution is -2.49. The summed E-state index contributed by atoms with van der Waals surface area (Å²) in [6, 6.07) is 0. The van der Waals surface area contributed by atoms with Crippen molar-refractivity contribution in [2.24, 2.45) is 7.05 Å². The Kier molecular flexibility index (Phi) is 5.95. The minimum absolute atomic E-state index is 0.0289. The third-order valence-electron chi connectivity index (χ3n) is 4.88. The summed E-state index contributed by atoms with van der Waals surface area (Å²) < 4.78 is 29.3. The first-order valence-electron chi connectivity index (χ1n) is 8.76. The zero-order chi connectivity index (χ0) is 19.7. The normalized spacial score (nSPS) is 15.7. The summed E-state index contributed by atoms with van der Waals surface area (Å²) >= 11 is 3.13. The molecule has 2 aromatic heterocycles. The molecule has 27 heavy (non-hydrogen) atoms. The molecule has 2 aromatic rings. The number of rotatable bonds is 5. The summed E-state index contributed by atoms with van der Waals surface area (Å²) in [7, 11) is 1.90. The fraction of sp³-hybridized carbons (Fsp3) is 0.588. The van der Waals surface area contributed by atoms with Crippen LogP contribution in [0.2, 0.25) is 0 Å². The highest BCUT2D eigenvalue weighted by molar-refractivity contribution is 9.10. The van der Waals surface area contributed by atoms with Crippen LogP contribution in [0, 0.1) is 13.8 Å². The Morgan fingerprint density at radius 2 is 1.89 bits per heavy atom. The third-order valence-corrected chi connectivity index (χ3v) is 5.86. The molecule has 1 amide bonds. The molecule has 0 unspecified atom stereocenters. The lowest BCUT2D eigenvalue weighted by molar-refractivity contribution is -0.133. The van der Waals surface area contributed by atoms with E-state index in [1.807, 2.05) is 24.9 Å². The van der Waals surface area contributed by atoms with E-state index in [9.17, 15) is 13.6 Å². The van der Waals surface area contributed by atoms with Crippen LogP contribution >= 0.6 is 15.9 Å². The number of nitrogens with zero attached hydrogens (tertiary/aromatic N) is 6. The number of carbonyl (C=O) groups excluding carboxylic acids is 1. The van der Waals surface area contributed by atoms with Gasteiger partial charge in [-0.3, -0.25) is 19.1 Å². The van der Waals surface area contributed by atoms with E-state index in [0.717, 1.165) is 25.3 Å². The Bertz CT molecular complexity index is 826. The number of aryl methyl sites for hydroxylation is 2. The molecule has 3 rings (SSSR count). The van der Waals surface area contributed by atoms with E-state index in [2.05, 4.69) is 31.0 Å². The van der Waals surface area contributed by atoms with E-state index >= 15 is 0 Å². The molecule has 0 bridgehead atoms. The van der Waals surface area contributed by atoms with Crippen molar-refractivity contribution in [1.29, 1.82) is 0 Å². The van der Waals surface area contributed by atoms with Crippen LogP contribution in [0.4, 0.5) is 8.78 Å². The van der Waals surface area contributed by atoms with Gasteiger partial charge >= 0.3 is 0 Å². The van der Waals surface area contributed by atoms with Crippen LogP contribution in [0.5, 0.6) is 0 Å². The number of alkyl halides is 2. The van der Waals surface area contributed by atoms with Crippen LogP contribution in [-0.4, -0.2) is 61.4 Å². The molecule has 0 atom stereocenters. The quantitative estimate of drug-likeness (QED) is 0.709. The number of hydrogen-bond donors (Lipinski definition) is 0. The van der Waals surface area contributed by atoms with Gasteiger partial charge in [0.1, 0.15) is 12.2 Å². The highest BCUT2D eigenvalue weighted by Crippen LogP contribution is 2.29. The highest BCUT2D eigenvalue weighted by atomic mass is 79.9. The number of aromatic nitrogens is 4. The Morgan fingerprint density at radius 1 is 1.22 bits per heavy atom. The predicted molar refractivity (Wildman–Crippen MR) is 99.4 cm³/mol. The molecule has 0 spiro atoms. The largest absolute Gasteiger partial charge is 0.339 e. The van der Waals surface area contributed by atoms with Gasteiger partial charge in [0.2, 0.25) is 5.91 Å². The van der Waals surface area contributed by atoms with E-state index in [1.165, 1.54) is 10.2 Å². The predicted octanol–water partition coefficient (Wildman–Crippen LogP) is 2.28. The topological polar surface area (TPSA) is 59.2 Å². The van der Waals surface area contributed by atoms with Gasteiger partial charge < -0.3 is 4.90 Å². The molecule has 1 aliphatic heterocycles. The van der Waals surface area contributed by atoms with Gasteiger partial charge in [0.05, 0.1) is 15.9 Å². The minimum atomic E-state index is -2.67. The Hall–Kier alpha value is -1.81. The molecule has 0 aromatic carbocycles. The molecule has 1 saturated heterocycles. The van der Waals surface area contributed by atoms with Crippen molar-refractivity contribution in [3.8, 4) is 0 Å². The molecule has 1 fully saturated rings. The van der Waals surface area contributed by atoms with Gasteiger partial charge in [0.15, 0.2) is 0 Å². The summed E-state index contributed by atoms with van der Waals surface area (Å²) in [5.74, 6) is -0.105. The van der Waals surface area contributed by atoms with E-state index in [1.54, 1.807) is 11.8 Å². The summed E-state index contributed by atoms with van der Waals surface area (Å²) in [5, 5.41) is 8.23. The molecule has 0 aliphatic carbocycles. The fourth-order valence-electron chi connectivity index (χ4n) is 3.27. The van der Waals surface area contributed by atoms with Crippen molar-refractivity contribution < 1.29 is 13.6 Å². The fourth-order valence-corrected chi connectivity index (χ4v) is 3.73. The molecule has 7 nitrogen and oxygen atoms in total. The summed E-state index contributed by atoms with van der Waals surface area (Å²) in [6.07, 6.45) is -0.653. The first kappa shape index (κ1) is 19.9. The van der Waals surface area contributed by atoms with Crippen LogP contribution in [0.3, 0.4) is 0 Å². The Labute approximate surface area is 165 Å². The van der Waals surface area contributed by atoms with Gasteiger partial charge in [-0.1, -0.05) is 0 Å². The van der Waals surface area contributed by atoms with Crippen LogP contribution in [0.1, 0.15) is 29.1 Å². The van der Waals surface area contributed by atoms with Crippen molar-refractivity contribution in [2.45, 2.75) is 33.4 Å². The molecule has 148 valence electrons. The lowest BCUT2D eigenvalue weighted by Gasteiger charge is -2.34. The second-order valence-corrected chi connectivity index (χ2v) is 7.61. The summed E-state index contributed by atoms with van der Waals surface area (Å²) in [5.41, 5.74) is 2.42. The monoisotopic (exact) mass is 444 g/mol. The number of halogens is 3.